The highest BCUT2D eigenvalue weighted by Gasteiger charge is 2.29. The van der Waals surface area contributed by atoms with Gasteiger partial charge in [-0.1, -0.05) is 52.3 Å². The molecule has 1 saturated carbocycles. The van der Waals surface area contributed by atoms with Crippen LogP contribution in [-0.4, -0.2) is 11.3 Å². The van der Waals surface area contributed by atoms with Gasteiger partial charge in [-0.15, -0.1) is 11.8 Å². The zero-order chi connectivity index (χ0) is 14.7. The van der Waals surface area contributed by atoms with Crippen LogP contribution in [0.4, 0.5) is 0 Å². The van der Waals surface area contributed by atoms with Crippen LogP contribution in [0.5, 0.6) is 0 Å². The van der Waals surface area contributed by atoms with E-state index < -0.39 is 0 Å². The average molecular weight is 362 g/mol. The molecular formula is C18H20BrNS. The second kappa shape index (κ2) is 6.99. The first-order chi connectivity index (χ1) is 10.2. The van der Waals surface area contributed by atoms with Gasteiger partial charge in [0.2, 0.25) is 0 Å². The van der Waals surface area contributed by atoms with Gasteiger partial charge < -0.3 is 5.73 Å². The Hall–Kier alpha value is -0.770. The van der Waals surface area contributed by atoms with Gasteiger partial charge in [0.05, 0.1) is 0 Å². The molecule has 2 aromatic carbocycles. The predicted molar refractivity (Wildman–Crippen MR) is 94.8 cm³/mol. The van der Waals surface area contributed by atoms with Crippen molar-refractivity contribution >= 4 is 27.7 Å². The van der Waals surface area contributed by atoms with Crippen LogP contribution in [0.2, 0.25) is 0 Å². The molecule has 0 saturated heterocycles. The quantitative estimate of drug-likeness (QED) is 0.812. The Bertz CT molecular complexity index is 587. The molecule has 3 atom stereocenters. The fourth-order valence-corrected chi connectivity index (χ4v) is 4.92. The molecular weight excluding hydrogens is 342 g/mol. The number of hydrogen-bond acceptors (Lipinski definition) is 2. The van der Waals surface area contributed by atoms with E-state index in [4.69, 9.17) is 5.73 Å². The number of rotatable bonds is 3. The summed E-state index contributed by atoms with van der Waals surface area (Å²) in [6.07, 6.45) is 3.49. The molecule has 0 aliphatic heterocycles. The van der Waals surface area contributed by atoms with E-state index in [2.05, 4.69) is 70.5 Å². The SMILES string of the molecule is NC1CCC(c2ccccc2)CC1Sc1cccc(Br)c1. The highest BCUT2D eigenvalue weighted by molar-refractivity contribution is 9.10. The van der Waals surface area contributed by atoms with E-state index >= 15 is 0 Å². The maximum atomic E-state index is 6.37. The molecule has 0 amide bonds. The normalized spacial score (nSPS) is 25.7. The van der Waals surface area contributed by atoms with Crippen LogP contribution in [0.1, 0.15) is 30.7 Å². The van der Waals surface area contributed by atoms with Gasteiger partial charge in [0.15, 0.2) is 0 Å². The van der Waals surface area contributed by atoms with E-state index in [9.17, 15) is 0 Å². The van der Waals surface area contributed by atoms with E-state index in [0.29, 0.717) is 17.2 Å². The van der Waals surface area contributed by atoms with E-state index in [1.165, 1.54) is 23.3 Å². The summed E-state index contributed by atoms with van der Waals surface area (Å²) in [6.45, 7) is 0. The van der Waals surface area contributed by atoms with Gasteiger partial charge >= 0.3 is 0 Å². The Morgan fingerprint density at radius 2 is 1.81 bits per heavy atom. The smallest absolute Gasteiger partial charge is 0.0252 e. The van der Waals surface area contributed by atoms with E-state index in [1.54, 1.807) is 0 Å². The topological polar surface area (TPSA) is 26.0 Å². The van der Waals surface area contributed by atoms with Crippen molar-refractivity contribution < 1.29 is 0 Å². The van der Waals surface area contributed by atoms with Crippen molar-refractivity contribution in [3.8, 4) is 0 Å². The minimum atomic E-state index is 0.300. The zero-order valence-corrected chi connectivity index (χ0v) is 14.3. The summed E-state index contributed by atoms with van der Waals surface area (Å²) in [6, 6.07) is 19.7. The van der Waals surface area contributed by atoms with Crippen molar-refractivity contribution in [3.63, 3.8) is 0 Å². The summed E-state index contributed by atoms with van der Waals surface area (Å²) < 4.78 is 1.14. The number of hydrogen-bond donors (Lipinski definition) is 1. The van der Waals surface area contributed by atoms with Gasteiger partial charge in [0.25, 0.3) is 0 Å². The molecule has 0 aromatic heterocycles. The maximum absolute atomic E-state index is 6.37. The monoisotopic (exact) mass is 361 g/mol. The summed E-state index contributed by atoms with van der Waals surface area (Å²) >= 11 is 5.48. The molecule has 21 heavy (non-hydrogen) atoms. The highest BCUT2D eigenvalue weighted by Crippen LogP contribution is 2.40. The molecule has 3 unspecified atom stereocenters. The second-order valence-corrected chi connectivity index (χ2v) is 7.93. The average Bonchev–Trinajstić information content (AvgIpc) is 2.50. The lowest BCUT2D eigenvalue weighted by Crippen LogP contribution is -2.37. The van der Waals surface area contributed by atoms with Gasteiger partial charge in [0.1, 0.15) is 0 Å². The molecule has 2 aromatic rings. The molecule has 1 aliphatic carbocycles. The third-order valence-corrected chi connectivity index (χ3v) is 6.06. The number of thioether (sulfide) groups is 1. The van der Waals surface area contributed by atoms with E-state index in [0.717, 1.165) is 10.9 Å². The Kier molecular flexibility index (Phi) is 5.04. The van der Waals surface area contributed by atoms with Crippen molar-refractivity contribution in [2.24, 2.45) is 5.73 Å². The van der Waals surface area contributed by atoms with Crippen molar-refractivity contribution in [3.05, 3.63) is 64.6 Å². The minimum absolute atomic E-state index is 0.300. The molecule has 3 heteroatoms. The number of halogens is 1. The van der Waals surface area contributed by atoms with Crippen LogP contribution in [-0.2, 0) is 0 Å². The summed E-state index contributed by atoms with van der Waals surface area (Å²) in [7, 11) is 0. The van der Waals surface area contributed by atoms with Crippen molar-refractivity contribution in [1.82, 2.24) is 0 Å². The molecule has 0 radical (unpaired) electrons. The Labute approximate surface area is 139 Å². The first kappa shape index (κ1) is 15.1. The van der Waals surface area contributed by atoms with Crippen molar-refractivity contribution in [2.45, 2.75) is 41.4 Å². The third kappa shape index (κ3) is 3.91. The van der Waals surface area contributed by atoms with Crippen LogP contribution >= 0.6 is 27.7 Å². The summed E-state index contributed by atoms with van der Waals surface area (Å²) in [5.74, 6) is 0.649. The van der Waals surface area contributed by atoms with Gasteiger partial charge in [-0.3, -0.25) is 0 Å². The van der Waals surface area contributed by atoms with Crippen molar-refractivity contribution in [1.29, 1.82) is 0 Å². The highest BCUT2D eigenvalue weighted by atomic mass is 79.9. The lowest BCUT2D eigenvalue weighted by molar-refractivity contribution is 0.406. The first-order valence-corrected chi connectivity index (χ1v) is 9.12. The fourth-order valence-electron chi connectivity index (χ4n) is 3.03. The van der Waals surface area contributed by atoms with Gasteiger partial charge in [-0.2, -0.15) is 0 Å². The minimum Gasteiger partial charge on any atom is -0.327 e. The van der Waals surface area contributed by atoms with Crippen LogP contribution in [0.25, 0.3) is 0 Å². The molecule has 3 rings (SSSR count). The number of nitrogens with two attached hydrogens (primary N) is 1. The molecule has 1 aliphatic rings. The molecule has 2 N–H and O–H groups in total. The molecule has 110 valence electrons. The van der Waals surface area contributed by atoms with Crippen LogP contribution < -0.4 is 5.73 Å². The Balaban J connectivity index is 1.72. The van der Waals surface area contributed by atoms with Gasteiger partial charge in [0, 0.05) is 20.7 Å². The third-order valence-electron chi connectivity index (χ3n) is 4.20. The fraction of sp³-hybridized carbons (Fsp3) is 0.333. The lowest BCUT2D eigenvalue weighted by Gasteiger charge is -2.34. The maximum Gasteiger partial charge on any atom is 0.0252 e. The Morgan fingerprint density at radius 1 is 1.00 bits per heavy atom. The summed E-state index contributed by atoms with van der Waals surface area (Å²) in [5.41, 5.74) is 7.83. The van der Waals surface area contributed by atoms with Crippen LogP contribution in [0.15, 0.2) is 64.0 Å². The van der Waals surface area contributed by atoms with Crippen LogP contribution in [0.3, 0.4) is 0 Å². The van der Waals surface area contributed by atoms with Crippen molar-refractivity contribution in [2.75, 3.05) is 0 Å². The molecule has 0 heterocycles. The van der Waals surface area contributed by atoms with Gasteiger partial charge in [-0.25, -0.2) is 0 Å². The van der Waals surface area contributed by atoms with E-state index in [-0.39, 0.29) is 0 Å². The molecule has 0 spiro atoms. The predicted octanol–water partition coefficient (Wildman–Crippen LogP) is 5.20. The second-order valence-electron chi connectivity index (χ2n) is 5.70. The summed E-state index contributed by atoms with van der Waals surface area (Å²) in [4.78, 5) is 1.30. The standard InChI is InChI=1S/C18H20BrNS/c19-15-7-4-8-16(12-15)21-18-11-14(9-10-17(18)20)13-5-2-1-3-6-13/h1-8,12,14,17-18H,9-11,20H2. The zero-order valence-electron chi connectivity index (χ0n) is 11.9. The molecule has 1 fully saturated rings. The Morgan fingerprint density at radius 3 is 2.57 bits per heavy atom. The molecule has 1 nitrogen and oxygen atoms in total. The van der Waals surface area contributed by atoms with Gasteiger partial charge in [-0.05, 0) is 48.9 Å². The first-order valence-electron chi connectivity index (χ1n) is 7.45. The summed E-state index contributed by atoms with van der Waals surface area (Å²) in [5, 5.41) is 0.498. The number of benzene rings is 2. The lowest BCUT2D eigenvalue weighted by atomic mass is 9.82. The van der Waals surface area contributed by atoms with E-state index in [1.807, 2.05) is 11.8 Å². The van der Waals surface area contributed by atoms with Crippen LogP contribution in [0, 0.1) is 0 Å². The molecule has 0 bridgehead atoms. The largest absolute Gasteiger partial charge is 0.327 e.